The second-order valence-electron chi connectivity index (χ2n) is 7.01. The number of aromatic amines is 1. The number of hydrogen-bond acceptors (Lipinski definition) is 5. The van der Waals surface area contributed by atoms with Crippen molar-refractivity contribution in [3.63, 3.8) is 0 Å². The molecule has 8 heteroatoms. The molecule has 0 saturated heterocycles. The Hall–Kier alpha value is -2.35. The molecule has 0 spiro atoms. The van der Waals surface area contributed by atoms with E-state index in [-0.39, 0.29) is 10.5 Å². The molecule has 1 heterocycles. The lowest BCUT2D eigenvalue weighted by molar-refractivity contribution is 0.103. The van der Waals surface area contributed by atoms with Gasteiger partial charge in [-0.05, 0) is 50.3 Å². The number of carbonyl (C=O) groups excluding carboxylic acids is 1. The highest BCUT2D eigenvalue weighted by atomic mass is 32.2. The maximum Gasteiger partial charge on any atom is 0.277 e. The maximum absolute atomic E-state index is 13.0. The first kappa shape index (κ1) is 18.4. The monoisotopic (exact) mass is 377 g/mol. The quantitative estimate of drug-likeness (QED) is 0.748. The van der Waals surface area contributed by atoms with E-state index in [0.717, 1.165) is 19.1 Å². The first-order valence-corrected chi connectivity index (χ1v) is 10.4. The first-order chi connectivity index (χ1) is 12.1. The van der Waals surface area contributed by atoms with Crippen molar-refractivity contribution < 1.29 is 13.2 Å². The largest absolute Gasteiger partial charge is 0.383 e. The fourth-order valence-corrected chi connectivity index (χ4v) is 4.03. The van der Waals surface area contributed by atoms with Gasteiger partial charge in [-0.1, -0.05) is 0 Å². The molecule has 0 unspecified atom stereocenters. The molecule has 3 rings (SSSR count). The van der Waals surface area contributed by atoms with Crippen molar-refractivity contribution in [2.45, 2.75) is 31.6 Å². The summed E-state index contributed by atoms with van der Waals surface area (Å²) in [5.41, 5.74) is 1.50. The van der Waals surface area contributed by atoms with Gasteiger partial charge in [0.1, 0.15) is 5.56 Å². The number of nitrogens with one attached hydrogen (secondary N) is 2. The number of nitrogens with zero attached hydrogens (tertiary/aromatic N) is 1. The molecule has 0 amide bonds. The number of aryl methyl sites for hydroxylation is 2. The smallest absolute Gasteiger partial charge is 0.277 e. The summed E-state index contributed by atoms with van der Waals surface area (Å²) in [7, 11) is -1.90. The number of hydrogen-bond donors (Lipinski definition) is 2. The summed E-state index contributed by atoms with van der Waals surface area (Å²) >= 11 is 0. The Bertz CT molecular complexity index is 1040. The lowest BCUT2D eigenvalue weighted by atomic mass is 9.98. The van der Waals surface area contributed by atoms with Crippen LogP contribution in [0.5, 0.6) is 0 Å². The molecule has 0 aliphatic heterocycles. The van der Waals surface area contributed by atoms with Crippen LogP contribution in [-0.4, -0.2) is 36.8 Å². The van der Waals surface area contributed by atoms with Crippen molar-refractivity contribution >= 4 is 21.3 Å². The van der Waals surface area contributed by atoms with E-state index in [0.29, 0.717) is 35.0 Å². The van der Waals surface area contributed by atoms with Crippen LogP contribution in [-0.2, 0) is 16.9 Å². The molecule has 2 N–H and O–H groups in total. The number of aromatic nitrogens is 2. The van der Waals surface area contributed by atoms with E-state index in [9.17, 15) is 18.0 Å². The predicted octanol–water partition coefficient (Wildman–Crippen LogP) is 1.79. The number of rotatable bonds is 6. The molecule has 1 saturated carbocycles. The standard InChI is InChI=1S/C18H23N3O4S/c1-10-13(17(22)15-11(2)20-21(3)18(15)23)7-8-14(26(4,24)25)16(10)19-9-12-5-6-12/h7-8,12,19-20H,5-6,9H2,1-4H3. The fraction of sp³-hybridized carbons (Fsp3) is 0.444. The molecule has 0 bridgehead atoms. The van der Waals surface area contributed by atoms with E-state index in [1.807, 2.05) is 0 Å². The van der Waals surface area contributed by atoms with Crippen LogP contribution in [0.3, 0.4) is 0 Å². The second kappa shape index (κ2) is 6.42. The van der Waals surface area contributed by atoms with Gasteiger partial charge in [-0.3, -0.25) is 19.4 Å². The van der Waals surface area contributed by atoms with Crippen LogP contribution in [0.15, 0.2) is 21.8 Å². The van der Waals surface area contributed by atoms with Crippen LogP contribution in [0, 0.1) is 19.8 Å². The second-order valence-corrected chi connectivity index (χ2v) is 9.00. The van der Waals surface area contributed by atoms with Gasteiger partial charge in [0, 0.05) is 31.1 Å². The van der Waals surface area contributed by atoms with Gasteiger partial charge in [0.2, 0.25) is 5.78 Å². The predicted molar refractivity (Wildman–Crippen MR) is 99.7 cm³/mol. The van der Waals surface area contributed by atoms with E-state index in [1.165, 1.54) is 16.8 Å². The molecule has 1 fully saturated rings. The minimum atomic E-state index is -3.45. The third-order valence-corrected chi connectivity index (χ3v) is 5.93. The lowest BCUT2D eigenvalue weighted by Gasteiger charge is -2.16. The summed E-state index contributed by atoms with van der Waals surface area (Å²) in [6.07, 6.45) is 3.40. The zero-order valence-electron chi connectivity index (χ0n) is 15.3. The van der Waals surface area contributed by atoms with Gasteiger partial charge in [0.25, 0.3) is 5.56 Å². The molecule has 0 radical (unpaired) electrons. The van der Waals surface area contributed by atoms with Gasteiger partial charge >= 0.3 is 0 Å². The Balaban J connectivity index is 2.11. The highest BCUT2D eigenvalue weighted by Gasteiger charge is 2.26. The molecule has 7 nitrogen and oxygen atoms in total. The van der Waals surface area contributed by atoms with Gasteiger partial charge in [0.05, 0.1) is 10.6 Å². The van der Waals surface area contributed by atoms with E-state index in [2.05, 4.69) is 10.4 Å². The maximum atomic E-state index is 13.0. The SMILES string of the molecule is Cc1[nH]n(C)c(=O)c1C(=O)c1ccc(S(C)(=O)=O)c(NCC2CC2)c1C. The molecule has 1 aromatic carbocycles. The Labute approximate surface area is 152 Å². The normalized spacial score (nSPS) is 14.5. The van der Waals surface area contributed by atoms with Gasteiger partial charge in [-0.25, -0.2) is 8.42 Å². The highest BCUT2D eigenvalue weighted by molar-refractivity contribution is 7.90. The molecule has 140 valence electrons. The molecule has 2 aromatic rings. The van der Waals surface area contributed by atoms with Crippen molar-refractivity contribution in [1.82, 2.24) is 9.78 Å². The van der Waals surface area contributed by atoms with Gasteiger partial charge < -0.3 is 5.32 Å². The number of anilines is 1. The zero-order chi connectivity index (χ0) is 19.2. The van der Waals surface area contributed by atoms with Gasteiger partial charge in [-0.2, -0.15) is 0 Å². The van der Waals surface area contributed by atoms with Crippen molar-refractivity contribution in [1.29, 1.82) is 0 Å². The van der Waals surface area contributed by atoms with Crippen molar-refractivity contribution in [3.8, 4) is 0 Å². The summed E-state index contributed by atoms with van der Waals surface area (Å²) in [5, 5.41) is 6.03. The van der Waals surface area contributed by atoms with E-state index >= 15 is 0 Å². The topological polar surface area (TPSA) is 101 Å². The van der Waals surface area contributed by atoms with E-state index in [4.69, 9.17) is 0 Å². The molecule has 1 aromatic heterocycles. The van der Waals surface area contributed by atoms with E-state index < -0.39 is 21.2 Å². The molecule has 0 atom stereocenters. The van der Waals surface area contributed by atoms with Crippen LogP contribution in [0.4, 0.5) is 5.69 Å². The molecule has 26 heavy (non-hydrogen) atoms. The summed E-state index contributed by atoms with van der Waals surface area (Å²) in [6.45, 7) is 4.05. The van der Waals surface area contributed by atoms with Gasteiger partial charge in [0.15, 0.2) is 9.84 Å². The summed E-state index contributed by atoms with van der Waals surface area (Å²) in [6, 6.07) is 2.93. The minimum Gasteiger partial charge on any atom is -0.383 e. The van der Waals surface area contributed by atoms with Crippen LogP contribution < -0.4 is 10.9 Å². The Kier molecular flexibility index (Phi) is 4.56. The first-order valence-electron chi connectivity index (χ1n) is 8.49. The highest BCUT2D eigenvalue weighted by Crippen LogP contribution is 2.33. The summed E-state index contributed by atoms with van der Waals surface area (Å²) < 4.78 is 25.6. The average Bonchev–Trinajstić information content (AvgIpc) is 3.32. The Morgan fingerprint density at radius 1 is 1.31 bits per heavy atom. The van der Waals surface area contributed by atoms with Gasteiger partial charge in [-0.15, -0.1) is 0 Å². The van der Waals surface area contributed by atoms with E-state index in [1.54, 1.807) is 20.9 Å². The number of carbonyl (C=O) groups is 1. The van der Waals surface area contributed by atoms with Crippen molar-refractivity contribution in [3.05, 3.63) is 44.9 Å². The summed E-state index contributed by atoms with van der Waals surface area (Å²) in [4.78, 5) is 25.4. The van der Waals surface area contributed by atoms with Crippen LogP contribution in [0.1, 0.15) is 40.0 Å². The molecular weight excluding hydrogens is 354 g/mol. The third-order valence-electron chi connectivity index (χ3n) is 4.79. The molecular formula is C18H23N3O4S. The zero-order valence-corrected chi connectivity index (χ0v) is 16.2. The number of benzene rings is 1. The minimum absolute atomic E-state index is 0.0795. The third kappa shape index (κ3) is 3.33. The van der Waals surface area contributed by atoms with Crippen LogP contribution in [0.25, 0.3) is 0 Å². The number of sulfone groups is 1. The van der Waals surface area contributed by atoms with Crippen LogP contribution in [0.2, 0.25) is 0 Å². The molecule has 1 aliphatic carbocycles. The lowest BCUT2D eigenvalue weighted by Crippen LogP contribution is -2.21. The van der Waals surface area contributed by atoms with Crippen molar-refractivity contribution in [2.24, 2.45) is 13.0 Å². The Morgan fingerprint density at radius 2 is 1.96 bits per heavy atom. The Morgan fingerprint density at radius 3 is 2.46 bits per heavy atom. The summed E-state index contributed by atoms with van der Waals surface area (Å²) in [5.74, 6) is 0.136. The fourth-order valence-electron chi connectivity index (χ4n) is 3.12. The molecule has 1 aliphatic rings. The number of H-pyrrole nitrogens is 1. The average molecular weight is 377 g/mol. The van der Waals surface area contributed by atoms with Crippen LogP contribution >= 0.6 is 0 Å². The number of ketones is 1. The van der Waals surface area contributed by atoms with Crippen molar-refractivity contribution in [2.75, 3.05) is 18.1 Å².